The van der Waals surface area contributed by atoms with Gasteiger partial charge in [0.05, 0.1) is 11.5 Å². The maximum absolute atomic E-state index is 13.0. The van der Waals surface area contributed by atoms with E-state index in [0.717, 1.165) is 6.07 Å². The molecule has 2 aromatic carbocycles. The van der Waals surface area contributed by atoms with Crippen molar-refractivity contribution in [3.63, 3.8) is 0 Å². The molecule has 0 aromatic heterocycles. The summed E-state index contributed by atoms with van der Waals surface area (Å²) in [6, 6.07) is 8.81. The fourth-order valence-electron chi connectivity index (χ4n) is 2.26. The lowest BCUT2D eigenvalue weighted by atomic mass is 10.1. The molecule has 0 saturated heterocycles. The second kappa shape index (κ2) is 9.26. The smallest absolute Gasteiger partial charge is 0.423 e. The fraction of sp³-hybridized carbons (Fsp3) is 0.316. The molecular formula is C19H19F3N2O5. The van der Waals surface area contributed by atoms with Crippen molar-refractivity contribution in [1.29, 1.82) is 0 Å². The van der Waals surface area contributed by atoms with E-state index in [2.05, 4.69) is 5.32 Å². The van der Waals surface area contributed by atoms with E-state index in [1.54, 1.807) is 24.3 Å². The molecule has 0 heterocycles. The van der Waals surface area contributed by atoms with Crippen molar-refractivity contribution in [3.05, 3.63) is 58.1 Å². The van der Waals surface area contributed by atoms with E-state index in [1.165, 1.54) is 0 Å². The van der Waals surface area contributed by atoms with Crippen LogP contribution in [0.25, 0.3) is 0 Å². The van der Waals surface area contributed by atoms with Gasteiger partial charge in [0.2, 0.25) is 0 Å². The predicted molar refractivity (Wildman–Crippen MR) is 99.0 cm³/mol. The predicted octanol–water partition coefficient (Wildman–Crippen LogP) is 4.67. The summed E-state index contributed by atoms with van der Waals surface area (Å²) in [6.07, 6.45) is -4.93. The van der Waals surface area contributed by atoms with E-state index in [4.69, 9.17) is 9.47 Å². The summed E-state index contributed by atoms with van der Waals surface area (Å²) >= 11 is 0. The van der Waals surface area contributed by atoms with Crippen molar-refractivity contribution in [2.45, 2.75) is 20.0 Å². The Morgan fingerprint density at radius 2 is 1.79 bits per heavy atom. The van der Waals surface area contributed by atoms with Gasteiger partial charge in [-0.2, -0.15) is 13.2 Å². The Hall–Kier alpha value is -3.30. The quantitative estimate of drug-likeness (QED) is 0.503. The van der Waals surface area contributed by atoms with Crippen LogP contribution in [0.4, 0.5) is 24.5 Å². The van der Waals surface area contributed by atoms with Gasteiger partial charge in [-0.05, 0) is 30.2 Å². The highest BCUT2D eigenvalue weighted by atomic mass is 19.4. The van der Waals surface area contributed by atoms with Crippen LogP contribution in [0.5, 0.6) is 11.5 Å². The van der Waals surface area contributed by atoms with Crippen LogP contribution in [0.15, 0.2) is 42.5 Å². The summed E-state index contributed by atoms with van der Waals surface area (Å²) in [4.78, 5) is 21.6. The average Bonchev–Trinajstić information content (AvgIpc) is 2.64. The third-order valence-electron chi connectivity index (χ3n) is 3.54. The zero-order valence-corrected chi connectivity index (χ0v) is 15.7. The Labute approximate surface area is 164 Å². The monoisotopic (exact) mass is 412 g/mol. The number of nitro benzene ring substituents is 1. The van der Waals surface area contributed by atoms with E-state index in [0.29, 0.717) is 36.2 Å². The van der Waals surface area contributed by atoms with Crippen LogP contribution >= 0.6 is 0 Å². The Bertz CT molecular complexity index is 884. The first-order valence-electron chi connectivity index (χ1n) is 8.57. The summed E-state index contributed by atoms with van der Waals surface area (Å²) in [7, 11) is 0. The fourth-order valence-corrected chi connectivity index (χ4v) is 2.26. The van der Waals surface area contributed by atoms with Crippen LogP contribution in [0.2, 0.25) is 0 Å². The molecule has 2 aromatic rings. The van der Waals surface area contributed by atoms with E-state index >= 15 is 0 Å². The second-order valence-electron chi connectivity index (χ2n) is 6.50. The van der Waals surface area contributed by atoms with Crippen LogP contribution in [0, 0.1) is 16.0 Å². The van der Waals surface area contributed by atoms with Crippen molar-refractivity contribution >= 4 is 17.3 Å². The number of nitrogens with one attached hydrogen (secondary N) is 1. The molecule has 7 nitrogen and oxygen atoms in total. The number of nitro groups is 1. The van der Waals surface area contributed by atoms with Crippen molar-refractivity contribution in [2.75, 3.05) is 18.5 Å². The zero-order valence-electron chi connectivity index (χ0n) is 15.7. The van der Waals surface area contributed by atoms with Gasteiger partial charge in [0, 0.05) is 17.8 Å². The molecule has 0 aliphatic heterocycles. The number of benzene rings is 2. The molecule has 0 spiro atoms. The largest absolute Gasteiger partial charge is 0.493 e. The van der Waals surface area contributed by atoms with Gasteiger partial charge in [0.1, 0.15) is 17.1 Å². The molecule has 0 aliphatic carbocycles. The first-order chi connectivity index (χ1) is 13.6. The minimum atomic E-state index is -4.93. The molecule has 0 atom stereocenters. The Morgan fingerprint density at radius 1 is 1.14 bits per heavy atom. The molecule has 0 radical (unpaired) electrons. The number of amides is 1. The summed E-state index contributed by atoms with van der Waals surface area (Å²) < 4.78 is 49.8. The van der Waals surface area contributed by atoms with Crippen LogP contribution in [0.3, 0.4) is 0 Å². The molecule has 0 fully saturated rings. The van der Waals surface area contributed by atoms with Gasteiger partial charge in [0.15, 0.2) is 6.61 Å². The zero-order chi connectivity index (χ0) is 21.6. The molecule has 10 heteroatoms. The summed E-state index contributed by atoms with van der Waals surface area (Å²) in [6.45, 7) is 4.03. The molecule has 29 heavy (non-hydrogen) atoms. The number of carbonyl (C=O) groups excluding carboxylic acids is 1. The lowest BCUT2D eigenvalue weighted by Crippen LogP contribution is -2.20. The van der Waals surface area contributed by atoms with Gasteiger partial charge in [-0.3, -0.25) is 14.9 Å². The highest BCUT2D eigenvalue weighted by Crippen LogP contribution is 2.37. The van der Waals surface area contributed by atoms with Crippen LogP contribution in [-0.2, 0) is 11.0 Å². The van der Waals surface area contributed by atoms with E-state index in [9.17, 15) is 28.1 Å². The Kier molecular flexibility index (Phi) is 7.03. The standard InChI is InChI=1S/C19H19F3N2O5/c1-12(2)10-28-14-4-3-5-15(9-14)29-11-18(25)23-13-6-7-17(24(26)27)16(8-13)19(20,21)22/h3-9,12H,10-11H2,1-2H3,(H,23,25). The number of hydrogen-bond donors (Lipinski definition) is 1. The lowest BCUT2D eigenvalue weighted by Gasteiger charge is -2.12. The molecule has 0 aliphatic rings. The molecule has 1 N–H and O–H groups in total. The van der Waals surface area contributed by atoms with Crippen molar-refractivity contribution in [2.24, 2.45) is 5.92 Å². The van der Waals surface area contributed by atoms with Crippen LogP contribution in [-0.4, -0.2) is 24.0 Å². The second-order valence-corrected chi connectivity index (χ2v) is 6.50. The van der Waals surface area contributed by atoms with Gasteiger partial charge < -0.3 is 14.8 Å². The summed E-state index contributed by atoms with van der Waals surface area (Å²) in [5.74, 6) is 0.511. The lowest BCUT2D eigenvalue weighted by molar-refractivity contribution is -0.388. The average molecular weight is 412 g/mol. The number of ether oxygens (including phenoxy) is 2. The molecular weight excluding hydrogens is 393 g/mol. The third kappa shape index (κ3) is 6.66. The first-order valence-corrected chi connectivity index (χ1v) is 8.57. The summed E-state index contributed by atoms with van der Waals surface area (Å²) in [5, 5.41) is 13.0. The molecule has 156 valence electrons. The number of nitrogens with zero attached hydrogens (tertiary/aromatic N) is 1. The van der Waals surface area contributed by atoms with E-state index in [-0.39, 0.29) is 5.69 Å². The molecule has 1 amide bonds. The maximum atomic E-state index is 13.0. The number of carbonyl (C=O) groups is 1. The Morgan fingerprint density at radius 3 is 2.38 bits per heavy atom. The van der Waals surface area contributed by atoms with Crippen molar-refractivity contribution in [1.82, 2.24) is 0 Å². The molecule has 0 unspecified atom stereocenters. The minimum absolute atomic E-state index is 0.231. The number of halogens is 3. The number of anilines is 1. The van der Waals surface area contributed by atoms with Gasteiger partial charge in [-0.1, -0.05) is 19.9 Å². The number of alkyl halides is 3. The van der Waals surface area contributed by atoms with E-state index < -0.39 is 34.9 Å². The van der Waals surface area contributed by atoms with Gasteiger partial charge >= 0.3 is 6.18 Å². The topological polar surface area (TPSA) is 90.7 Å². The van der Waals surface area contributed by atoms with E-state index in [1.807, 2.05) is 13.8 Å². The van der Waals surface area contributed by atoms with Gasteiger partial charge in [-0.15, -0.1) is 0 Å². The van der Waals surface area contributed by atoms with Gasteiger partial charge in [-0.25, -0.2) is 0 Å². The van der Waals surface area contributed by atoms with Gasteiger partial charge in [0.25, 0.3) is 11.6 Å². The van der Waals surface area contributed by atoms with Crippen LogP contribution in [0.1, 0.15) is 19.4 Å². The maximum Gasteiger partial charge on any atom is 0.423 e. The highest BCUT2D eigenvalue weighted by Gasteiger charge is 2.38. The van der Waals surface area contributed by atoms with Crippen LogP contribution < -0.4 is 14.8 Å². The highest BCUT2D eigenvalue weighted by molar-refractivity contribution is 5.92. The first kappa shape index (κ1) is 22.0. The number of hydrogen-bond acceptors (Lipinski definition) is 5. The van der Waals surface area contributed by atoms with Crippen molar-refractivity contribution in [3.8, 4) is 11.5 Å². The Balaban J connectivity index is 2.01. The van der Waals surface area contributed by atoms with Crippen molar-refractivity contribution < 1.29 is 32.4 Å². The summed E-state index contributed by atoms with van der Waals surface area (Å²) in [5.41, 5.74) is -2.77. The number of rotatable bonds is 8. The molecule has 2 rings (SSSR count). The SMILES string of the molecule is CC(C)COc1cccc(OCC(=O)Nc2ccc([N+](=O)[O-])c(C(F)(F)F)c2)c1. The normalized spacial score (nSPS) is 11.2. The molecule has 0 saturated carbocycles. The minimum Gasteiger partial charge on any atom is -0.493 e. The molecule has 0 bridgehead atoms. The third-order valence-corrected chi connectivity index (χ3v) is 3.54.